The average Bonchev–Trinajstić information content (AvgIpc) is 3.39. The number of nitrogens with zero attached hydrogens (tertiary/aromatic N) is 1. The summed E-state index contributed by atoms with van der Waals surface area (Å²) in [6.45, 7) is 2.89. The number of amides is 2. The fourth-order valence-corrected chi connectivity index (χ4v) is 5.62. The first-order valence-electron chi connectivity index (χ1n) is 11.6. The molecule has 1 aliphatic carbocycles. The Morgan fingerprint density at radius 3 is 2.41 bits per heavy atom. The zero-order valence-corrected chi connectivity index (χ0v) is 19.0. The largest absolute Gasteiger partial charge is 0.481 e. The van der Waals surface area contributed by atoms with Gasteiger partial charge in [0, 0.05) is 31.5 Å². The zero-order valence-electron chi connectivity index (χ0n) is 19.0. The fourth-order valence-electron chi connectivity index (χ4n) is 5.62. The summed E-state index contributed by atoms with van der Waals surface area (Å²) < 4.78 is 11.0. The van der Waals surface area contributed by atoms with Crippen LogP contribution in [0.5, 0.6) is 0 Å². The van der Waals surface area contributed by atoms with Gasteiger partial charge in [0.2, 0.25) is 5.91 Å². The number of likely N-dealkylation sites (tertiary alicyclic amines) is 1. The van der Waals surface area contributed by atoms with Crippen LogP contribution >= 0.6 is 0 Å². The van der Waals surface area contributed by atoms with Crippen molar-refractivity contribution in [2.75, 3.05) is 32.9 Å². The second kappa shape index (κ2) is 8.76. The highest BCUT2D eigenvalue weighted by molar-refractivity contribution is 5.87. The molecule has 2 aromatic carbocycles. The van der Waals surface area contributed by atoms with Crippen LogP contribution in [0, 0.1) is 11.3 Å². The van der Waals surface area contributed by atoms with Crippen molar-refractivity contribution in [3.05, 3.63) is 59.7 Å². The lowest BCUT2D eigenvalue weighted by Crippen LogP contribution is -2.48. The maximum absolute atomic E-state index is 13.0. The van der Waals surface area contributed by atoms with E-state index in [4.69, 9.17) is 9.47 Å². The normalized spacial score (nSPS) is 24.0. The first-order valence-corrected chi connectivity index (χ1v) is 11.6. The Bertz CT molecular complexity index is 1090. The van der Waals surface area contributed by atoms with E-state index in [0.29, 0.717) is 26.2 Å². The molecule has 8 nitrogen and oxygen atoms in total. The topological polar surface area (TPSA) is 105 Å². The van der Waals surface area contributed by atoms with Crippen molar-refractivity contribution < 1.29 is 29.0 Å². The molecule has 3 aliphatic rings. The number of carbonyl (C=O) groups is 3. The number of alkyl carbamates (subject to hydrolysis) is 1. The van der Waals surface area contributed by atoms with Gasteiger partial charge >= 0.3 is 12.1 Å². The molecule has 0 saturated carbocycles. The molecule has 2 fully saturated rings. The van der Waals surface area contributed by atoms with Crippen molar-refractivity contribution in [1.82, 2.24) is 10.2 Å². The Balaban J connectivity index is 1.20. The van der Waals surface area contributed by atoms with E-state index in [2.05, 4.69) is 17.4 Å². The Morgan fingerprint density at radius 1 is 1.15 bits per heavy atom. The minimum atomic E-state index is -0.975. The number of hydrogen-bond donors (Lipinski definition) is 2. The molecule has 5 rings (SSSR count). The predicted molar refractivity (Wildman–Crippen MR) is 123 cm³/mol. The number of carboxylic acids is 1. The molecule has 2 saturated heterocycles. The highest BCUT2D eigenvalue weighted by Gasteiger charge is 2.55. The van der Waals surface area contributed by atoms with Crippen LogP contribution in [0.1, 0.15) is 30.4 Å². The monoisotopic (exact) mass is 464 g/mol. The SMILES string of the molecule is C[C@@H](NC(=O)OCC1c2ccccc2-c2ccccc21)C(=O)N1C[C@@H]2COCC[C@]2(C(=O)O)C1. The molecule has 0 radical (unpaired) electrons. The fraction of sp³-hybridized carbons (Fsp3) is 0.423. The average molecular weight is 465 g/mol. The maximum atomic E-state index is 13.0. The number of fused-ring (bicyclic) bond motifs is 4. The van der Waals surface area contributed by atoms with Crippen LogP contribution in [0.25, 0.3) is 11.1 Å². The molecule has 0 unspecified atom stereocenters. The number of ether oxygens (including phenoxy) is 2. The number of carboxylic acid groups (broad SMARTS) is 1. The van der Waals surface area contributed by atoms with Gasteiger partial charge in [-0.2, -0.15) is 0 Å². The van der Waals surface area contributed by atoms with Gasteiger partial charge in [-0.1, -0.05) is 48.5 Å². The van der Waals surface area contributed by atoms with E-state index in [-0.39, 0.29) is 30.9 Å². The molecule has 8 heteroatoms. The van der Waals surface area contributed by atoms with Gasteiger partial charge in [-0.25, -0.2) is 4.79 Å². The number of hydrogen-bond acceptors (Lipinski definition) is 5. The maximum Gasteiger partial charge on any atom is 0.407 e. The molecule has 2 aromatic rings. The van der Waals surface area contributed by atoms with Crippen LogP contribution in [0.15, 0.2) is 48.5 Å². The smallest absolute Gasteiger partial charge is 0.407 e. The number of nitrogens with one attached hydrogen (secondary N) is 1. The molecule has 2 amide bonds. The summed E-state index contributed by atoms with van der Waals surface area (Å²) in [5, 5.41) is 12.4. The first kappa shape index (κ1) is 22.4. The van der Waals surface area contributed by atoms with Crippen molar-refractivity contribution in [3.8, 4) is 11.1 Å². The Labute approximate surface area is 197 Å². The van der Waals surface area contributed by atoms with E-state index >= 15 is 0 Å². The number of carbonyl (C=O) groups excluding carboxylic acids is 2. The van der Waals surface area contributed by atoms with Crippen molar-refractivity contribution >= 4 is 18.0 Å². The summed E-state index contributed by atoms with van der Waals surface area (Å²) in [6.07, 6.45) is -0.291. The summed E-state index contributed by atoms with van der Waals surface area (Å²) in [6, 6.07) is 15.3. The van der Waals surface area contributed by atoms with E-state index in [1.165, 1.54) is 4.90 Å². The van der Waals surface area contributed by atoms with Gasteiger partial charge in [0.25, 0.3) is 0 Å². The molecule has 0 aromatic heterocycles. The van der Waals surface area contributed by atoms with Crippen LogP contribution in [0.4, 0.5) is 4.79 Å². The molecule has 2 N–H and O–H groups in total. The third kappa shape index (κ3) is 3.72. The molecule has 0 spiro atoms. The second-order valence-corrected chi connectivity index (χ2v) is 9.39. The van der Waals surface area contributed by atoms with E-state index < -0.39 is 23.5 Å². The summed E-state index contributed by atoms with van der Waals surface area (Å²) >= 11 is 0. The summed E-state index contributed by atoms with van der Waals surface area (Å²) in [5.74, 6) is -1.53. The molecule has 0 bridgehead atoms. The lowest BCUT2D eigenvalue weighted by molar-refractivity contribution is -0.157. The Hall–Kier alpha value is -3.39. The minimum absolute atomic E-state index is 0.0683. The first-order chi connectivity index (χ1) is 16.4. The third-order valence-electron chi connectivity index (χ3n) is 7.49. The standard InChI is InChI=1S/C26H28N2O6/c1-16(23(29)28-12-17-13-33-11-10-26(17,15-28)24(30)31)27-25(32)34-14-22-20-8-4-2-6-18(20)19-7-3-5-9-21(19)22/h2-9,16-17,22H,10-15H2,1H3,(H,27,32)(H,30,31)/t16-,17-,26+/m1/s1. The molecule has 178 valence electrons. The second-order valence-electron chi connectivity index (χ2n) is 9.39. The molecule has 3 atom stereocenters. The zero-order chi connectivity index (χ0) is 23.9. The summed E-state index contributed by atoms with van der Waals surface area (Å²) in [4.78, 5) is 39.1. The molecular formula is C26H28N2O6. The van der Waals surface area contributed by atoms with Gasteiger partial charge in [0.15, 0.2) is 0 Å². The Kier molecular flexibility index (Phi) is 5.77. The van der Waals surface area contributed by atoms with Gasteiger partial charge in [-0.15, -0.1) is 0 Å². The van der Waals surface area contributed by atoms with Crippen molar-refractivity contribution in [1.29, 1.82) is 0 Å². The molecular weight excluding hydrogens is 436 g/mol. The van der Waals surface area contributed by atoms with Crippen LogP contribution in [0.2, 0.25) is 0 Å². The highest BCUT2D eigenvalue weighted by atomic mass is 16.5. The van der Waals surface area contributed by atoms with Gasteiger partial charge < -0.3 is 24.8 Å². The summed E-state index contributed by atoms with van der Waals surface area (Å²) in [5.41, 5.74) is 3.53. The van der Waals surface area contributed by atoms with Crippen LogP contribution in [-0.2, 0) is 19.1 Å². The summed E-state index contributed by atoms with van der Waals surface area (Å²) in [7, 11) is 0. The lowest BCUT2D eigenvalue weighted by Gasteiger charge is -2.33. The van der Waals surface area contributed by atoms with E-state index in [1.807, 2.05) is 36.4 Å². The van der Waals surface area contributed by atoms with Gasteiger partial charge in [-0.3, -0.25) is 9.59 Å². The van der Waals surface area contributed by atoms with Crippen molar-refractivity contribution in [2.24, 2.45) is 11.3 Å². The minimum Gasteiger partial charge on any atom is -0.481 e. The molecule has 34 heavy (non-hydrogen) atoms. The predicted octanol–water partition coefficient (Wildman–Crippen LogP) is 2.86. The molecule has 2 heterocycles. The molecule has 2 aliphatic heterocycles. The van der Waals surface area contributed by atoms with Crippen LogP contribution < -0.4 is 5.32 Å². The highest BCUT2D eigenvalue weighted by Crippen LogP contribution is 2.45. The van der Waals surface area contributed by atoms with Gasteiger partial charge in [0.05, 0.1) is 12.0 Å². The number of rotatable bonds is 5. The number of benzene rings is 2. The van der Waals surface area contributed by atoms with Gasteiger partial charge in [0.1, 0.15) is 12.6 Å². The van der Waals surface area contributed by atoms with Crippen molar-refractivity contribution in [2.45, 2.75) is 25.3 Å². The van der Waals surface area contributed by atoms with Crippen LogP contribution in [0.3, 0.4) is 0 Å². The third-order valence-corrected chi connectivity index (χ3v) is 7.49. The van der Waals surface area contributed by atoms with E-state index in [9.17, 15) is 19.5 Å². The van der Waals surface area contributed by atoms with Crippen LogP contribution in [-0.4, -0.2) is 66.9 Å². The van der Waals surface area contributed by atoms with Gasteiger partial charge in [-0.05, 0) is 35.6 Å². The Morgan fingerprint density at radius 2 is 1.79 bits per heavy atom. The number of aliphatic carboxylic acids is 1. The van der Waals surface area contributed by atoms with E-state index in [1.54, 1.807) is 6.92 Å². The lowest BCUT2D eigenvalue weighted by atomic mass is 9.74. The quantitative estimate of drug-likeness (QED) is 0.705. The van der Waals surface area contributed by atoms with Crippen molar-refractivity contribution in [3.63, 3.8) is 0 Å². The van der Waals surface area contributed by atoms with E-state index in [0.717, 1.165) is 22.3 Å².